The minimum Gasteiger partial charge on any atom is -0.370 e. The second-order valence-electron chi connectivity index (χ2n) is 5.47. The van der Waals surface area contributed by atoms with Crippen molar-refractivity contribution in [2.75, 3.05) is 26.2 Å². The molecule has 122 valence electrons. The van der Waals surface area contributed by atoms with Gasteiger partial charge in [-0.15, -0.1) is 0 Å². The lowest BCUT2D eigenvalue weighted by atomic mass is 10.1. The lowest BCUT2D eigenvalue weighted by molar-refractivity contribution is -0.139. The van der Waals surface area contributed by atoms with Gasteiger partial charge in [-0.25, -0.2) is 0 Å². The highest BCUT2D eigenvalue weighted by atomic mass is 35.5. The summed E-state index contributed by atoms with van der Waals surface area (Å²) in [5, 5.41) is 1.03. The van der Waals surface area contributed by atoms with Gasteiger partial charge in [-0.3, -0.25) is 4.79 Å². The number of nitrogens with zero attached hydrogens (tertiary/aromatic N) is 1. The Bertz CT molecular complexity index is 511. The van der Waals surface area contributed by atoms with Crippen molar-refractivity contribution in [3.63, 3.8) is 0 Å². The van der Waals surface area contributed by atoms with Gasteiger partial charge < -0.3 is 15.4 Å². The van der Waals surface area contributed by atoms with Gasteiger partial charge in [0.2, 0.25) is 5.91 Å². The smallest absolute Gasteiger partial charge is 0.222 e. The maximum Gasteiger partial charge on any atom is 0.222 e. The van der Waals surface area contributed by atoms with E-state index in [4.69, 9.17) is 33.7 Å². The van der Waals surface area contributed by atoms with Crippen LogP contribution in [0.15, 0.2) is 18.2 Å². The van der Waals surface area contributed by atoms with Crippen molar-refractivity contribution in [1.29, 1.82) is 0 Å². The van der Waals surface area contributed by atoms with Crippen LogP contribution in [-0.2, 0) is 9.53 Å². The van der Waals surface area contributed by atoms with E-state index in [2.05, 4.69) is 0 Å². The van der Waals surface area contributed by atoms with Gasteiger partial charge >= 0.3 is 0 Å². The molecule has 1 aromatic rings. The molecule has 0 bridgehead atoms. The molecule has 1 fully saturated rings. The highest BCUT2D eigenvalue weighted by Crippen LogP contribution is 2.29. The molecule has 0 aliphatic carbocycles. The fourth-order valence-corrected chi connectivity index (χ4v) is 2.85. The van der Waals surface area contributed by atoms with Crippen molar-refractivity contribution in [3.8, 4) is 0 Å². The second kappa shape index (κ2) is 8.73. The molecule has 22 heavy (non-hydrogen) atoms. The Morgan fingerprint density at radius 1 is 1.27 bits per heavy atom. The van der Waals surface area contributed by atoms with E-state index in [0.29, 0.717) is 42.7 Å². The molecule has 6 heteroatoms. The number of amides is 1. The SMILES string of the molecule is NCCCCCC(=O)N1CCO[C@H](c2ccc(Cl)c(Cl)c2)C1. The number of halogens is 2. The molecule has 1 aliphatic rings. The third kappa shape index (κ3) is 4.85. The van der Waals surface area contributed by atoms with E-state index in [-0.39, 0.29) is 12.0 Å². The van der Waals surface area contributed by atoms with Crippen molar-refractivity contribution >= 4 is 29.1 Å². The number of ether oxygens (including phenoxy) is 1. The average Bonchev–Trinajstić information content (AvgIpc) is 2.54. The molecule has 1 atom stereocenters. The summed E-state index contributed by atoms with van der Waals surface area (Å²) >= 11 is 12.0. The van der Waals surface area contributed by atoms with Crippen LogP contribution in [0.2, 0.25) is 10.0 Å². The highest BCUT2D eigenvalue weighted by molar-refractivity contribution is 6.42. The van der Waals surface area contributed by atoms with Gasteiger partial charge in [0.15, 0.2) is 0 Å². The Hall–Kier alpha value is -0.810. The lowest BCUT2D eigenvalue weighted by Crippen LogP contribution is -2.42. The van der Waals surface area contributed by atoms with E-state index in [1.165, 1.54) is 0 Å². The number of hydrogen-bond acceptors (Lipinski definition) is 3. The monoisotopic (exact) mass is 344 g/mol. The fourth-order valence-electron chi connectivity index (χ4n) is 2.55. The summed E-state index contributed by atoms with van der Waals surface area (Å²) in [6, 6.07) is 5.47. The van der Waals surface area contributed by atoms with Gasteiger partial charge in [0.05, 0.1) is 23.2 Å². The van der Waals surface area contributed by atoms with Gasteiger partial charge in [-0.1, -0.05) is 35.7 Å². The Balaban J connectivity index is 1.90. The third-order valence-corrected chi connectivity index (χ3v) is 4.57. The van der Waals surface area contributed by atoms with Crippen LogP contribution >= 0.6 is 23.2 Å². The predicted molar refractivity (Wildman–Crippen MR) is 89.3 cm³/mol. The maximum atomic E-state index is 12.3. The molecular formula is C16H22Cl2N2O2. The van der Waals surface area contributed by atoms with Crippen molar-refractivity contribution in [2.45, 2.75) is 31.8 Å². The van der Waals surface area contributed by atoms with Crippen LogP contribution in [-0.4, -0.2) is 37.0 Å². The third-order valence-electron chi connectivity index (χ3n) is 3.83. The molecule has 2 N–H and O–H groups in total. The van der Waals surface area contributed by atoms with Crippen molar-refractivity contribution in [3.05, 3.63) is 33.8 Å². The van der Waals surface area contributed by atoms with E-state index in [9.17, 15) is 4.79 Å². The summed E-state index contributed by atoms with van der Waals surface area (Å²) in [5.41, 5.74) is 6.42. The first-order valence-electron chi connectivity index (χ1n) is 7.66. The average molecular weight is 345 g/mol. The topological polar surface area (TPSA) is 55.6 Å². The summed E-state index contributed by atoms with van der Waals surface area (Å²) in [5.74, 6) is 0.186. The van der Waals surface area contributed by atoms with Crippen LogP contribution in [0.25, 0.3) is 0 Å². The summed E-state index contributed by atoms with van der Waals surface area (Å²) in [6.07, 6.45) is 3.31. The van der Waals surface area contributed by atoms with Crippen LogP contribution in [0.3, 0.4) is 0 Å². The molecular weight excluding hydrogens is 323 g/mol. The van der Waals surface area contributed by atoms with E-state index in [1.54, 1.807) is 6.07 Å². The zero-order valence-corrected chi connectivity index (χ0v) is 14.1. The van der Waals surface area contributed by atoms with Gasteiger partial charge in [-0.2, -0.15) is 0 Å². The number of rotatable bonds is 6. The van der Waals surface area contributed by atoms with E-state index >= 15 is 0 Å². The standard InChI is InChI=1S/C16H22Cl2N2O2/c17-13-6-5-12(10-14(13)18)15-11-20(8-9-22-15)16(21)4-2-1-3-7-19/h5-6,10,15H,1-4,7-9,11,19H2/t15-/m0/s1. The van der Waals surface area contributed by atoms with E-state index < -0.39 is 0 Å². The molecule has 1 saturated heterocycles. The largest absolute Gasteiger partial charge is 0.370 e. The Morgan fingerprint density at radius 3 is 2.82 bits per heavy atom. The molecule has 0 unspecified atom stereocenters. The first-order chi connectivity index (χ1) is 10.6. The second-order valence-corrected chi connectivity index (χ2v) is 6.29. The lowest BCUT2D eigenvalue weighted by Gasteiger charge is -2.33. The molecule has 1 heterocycles. The summed E-state index contributed by atoms with van der Waals surface area (Å²) in [4.78, 5) is 14.1. The number of morpholine rings is 1. The van der Waals surface area contributed by atoms with Crippen LogP contribution in [0.4, 0.5) is 0 Å². The molecule has 4 nitrogen and oxygen atoms in total. The van der Waals surface area contributed by atoms with Crippen molar-refractivity contribution in [2.24, 2.45) is 5.73 Å². The minimum absolute atomic E-state index is 0.142. The van der Waals surface area contributed by atoms with Crippen LogP contribution in [0.5, 0.6) is 0 Å². The van der Waals surface area contributed by atoms with E-state index in [1.807, 2.05) is 17.0 Å². The number of unbranched alkanes of at least 4 members (excludes halogenated alkanes) is 2. The summed E-state index contributed by atoms with van der Waals surface area (Å²) in [7, 11) is 0. The first kappa shape index (κ1) is 17.5. The molecule has 0 saturated carbocycles. The van der Waals surface area contributed by atoms with Crippen LogP contribution in [0, 0.1) is 0 Å². The zero-order chi connectivity index (χ0) is 15.9. The highest BCUT2D eigenvalue weighted by Gasteiger charge is 2.25. The van der Waals surface area contributed by atoms with Gasteiger partial charge in [0.1, 0.15) is 6.10 Å². The fraction of sp³-hybridized carbons (Fsp3) is 0.562. The number of nitrogens with two attached hydrogens (primary N) is 1. The Kier molecular flexibility index (Phi) is 6.96. The first-order valence-corrected chi connectivity index (χ1v) is 8.42. The molecule has 0 aromatic heterocycles. The van der Waals surface area contributed by atoms with Gasteiger partial charge in [0.25, 0.3) is 0 Å². The van der Waals surface area contributed by atoms with Crippen molar-refractivity contribution in [1.82, 2.24) is 4.90 Å². The zero-order valence-electron chi connectivity index (χ0n) is 12.6. The summed E-state index contributed by atoms with van der Waals surface area (Å²) < 4.78 is 5.77. The number of carbonyl (C=O) groups is 1. The minimum atomic E-state index is -0.142. The Labute approximate surface area is 141 Å². The van der Waals surface area contributed by atoms with Crippen molar-refractivity contribution < 1.29 is 9.53 Å². The normalized spacial score (nSPS) is 18.5. The van der Waals surface area contributed by atoms with Gasteiger partial charge in [0, 0.05) is 13.0 Å². The number of benzene rings is 1. The molecule has 2 rings (SSSR count). The predicted octanol–water partition coefficient (Wildman–Crippen LogP) is 3.41. The Morgan fingerprint density at radius 2 is 2.09 bits per heavy atom. The van der Waals surface area contributed by atoms with Crippen LogP contribution in [0.1, 0.15) is 37.4 Å². The summed E-state index contributed by atoms with van der Waals surface area (Å²) in [6.45, 7) is 2.44. The van der Waals surface area contributed by atoms with Gasteiger partial charge in [-0.05, 0) is 37.1 Å². The molecule has 1 amide bonds. The van der Waals surface area contributed by atoms with E-state index in [0.717, 1.165) is 24.8 Å². The maximum absolute atomic E-state index is 12.3. The quantitative estimate of drug-likeness (QED) is 0.804. The number of hydrogen-bond donors (Lipinski definition) is 1. The molecule has 0 radical (unpaired) electrons. The van der Waals surface area contributed by atoms with Crippen LogP contribution < -0.4 is 5.73 Å². The molecule has 1 aromatic carbocycles. The molecule has 1 aliphatic heterocycles. The number of carbonyl (C=O) groups excluding carboxylic acids is 1. The molecule has 0 spiro atoms.